The van der Waals surface area contributed by atoms with Crippen LogP contribution in [0.4, 0.5) is 13.2 Å². The number of halogens is 3. The molecule has 0 heterocycles. The molecular weight excluding hydrogens is 217 g/mol. The SMILES string of the molecule is Cc1ccc(CC(=O)CC(F)(F)F)cc1C. The van der Waals surface area contributed by atoms with Gasteiger partial charge in [-0.3, -0.25) is 4.79 Å². The van der Waals surface area contributed by atoms with Crippen molar-refractivity contribution < 1.29 is 18.0 Å². The van der Waals surface area contributed by atoms with Crippen LogP contribution in [0.15, 0.2) is 18.2 Å². The number of carbonyl (C=O) groups is 1. The average molecular weight is 230 g/mol. The molecule has 0 aliphatic heterocycles. The zero-order valence-corrected chi connectivity index (χ0v) is 9.19. The molecule has 0 spiro atoms. The minimum atomic E-state index is -4.41. The van der Waals surface area contributed by atoms with Crippen LogP contribution >= 0.6 is 0 Å². The van der Waals surface area contributed by atoms with Crippen molar-refractivity contribution in [3.8, 4) is 0 Å². The van der Waals surface area contributed by atoms with Crippen molar-refractivity contribution in [2.45, 2.75) is 32.9 Å². The Morgan fingerprint density at radius 3 is 2.31 bits per heavy atom. The third kappa shape index (κ3) is 4.04. The fourth-order valence-corrected chi connectivity index (χ4v) is 1.43. The summed E-state index contributed by atoms with van der Waals surface area (Å²) in [6.07, 6.45) is -5.91. The van der Waals surface area contributed by atoms with Crippen LogP contribution in [0.25, 0.3) is 0 Å². The minimum absolute atomic E-state index is 0.152. The second-order valence-corrected chi connectivity index (χ2v) is 3.93. The van der Waals surface area contributed by atoms with Crippen LogP contribution in [0.3, 0.4) is 0 Å². The van der Waals surface area contributed by atoms with Gasteiger partial charge in [-0.25, -0.2) is 0 Å². The van der Waals surface area contributed by atoms with Crippen molar-refractivity contribution in [3.05, 3.63) is 34.9 Å². The molecular formula is C12H13F3O. The monoisotopic (exact) mass is 230 g/mol. The number of rotatable bonds is 3. The standard InChI is InChI=1S/C12H13F3O/c1-8-3-4-10(5-9(8)2)6-11(16)7-12(13,14)15/h3-5H,6-7H2,1-2H3. The Balaban J connectivity index is 2.67. The molecule has 88 valence electrons. The number of carbonyl (C=O) groups excluding carboxylic acids is 1. The molecule has 0 radical (unpaired) electrons. The normalized spacial score (nSPS) is 11.6. The lowest BCUT2D eigenvalue weighted by Gasteiger charge is -2.07. The molecule has 0 unspecified atom stereocenters. The summed E-state index contributed by atoms with van der Waals surface area (Å²) in [4.78, 5) is 11.1. The van der Waals surface area contributed by atoms with Crippen LogP contribution in [0.1, 0.15) is 23.1 Å². The number of aryl methyl sites for hydroxylation is 2. The molecule has 0 atom stereocenters. The average Bonchev–Trinajstić information content (AvgIpc) is 2.08. The second-order valence-electron chi connectivity index (χ2n) is 3.93. The molecule has 1 rings (SSSR count). The van der Waals surface area contributed by atoms with Gasteiger partial charge < -0.3 is 0 Å². The van der Waals surface area contributed by atoms with Crippen LogP contribution in [0, 0.1) is 13.8 Å². The van der Waals surface area contributed by atoms with E-state index in [1.807, 2.05) is 19.9 Å². The summed E-state index contributed by atoms with van der Waals surface area (Å²) in [5.41, 5.74) is 2.68. The Hall–Kier alpha value is -1.32. The van der Waals surface area contributed by atoms with E-state index in [-0.39, 0.29) is 6.42 Å². The van der Waals surface area contributed by atoms with Gasteiger partial charge in [0.05, 0.1) is 0 Å². The first-order chi connectivity index (χ1) is 7.28. The molecule has 0 bridgehead atoms. The van der Waals surface area contributed by atoms with Gasteiger partial charge in [0.2, 0.25) is 0 Å². The molecule has 0 fully saturated rings. The Labute approximate surface area is 92.3 Å². The van der Waals surface area contributed by atoms with Crippen molar-refractivity contribution in [1.82, 2.24) is 0 Å². The first-order valence-electron chi connectivity index (χ1n) is 4.92. The number of Topliss-reactive ketones (excluding diaryl/α,β-unsaturated/α-hetero) is 1. The number of hydrogen-bond acceptors (Lipinski definition) is 1. The molecule has 1 nitrogen and oxygen atoms in total. The van der Waals surface area contributed by atoms with Crippen molar-refractivity contribution in [2.75, 3.05) is 0 Å². The topological polar surface area (TPSA) is 17.1 Å². The van der Waals surface area contributed by atoms with Crippen molar-refractivity contribution >= 4 is 5.78 Å². The van der Waals surface area contributed by atoms with Crippen LogP contribution in [-0.2, 0) is 11.2 Å². The highest BCUT2D eigenvalue weighted by Crippen LogP contribution is 2.21. The maximum Gasteiger partial charge on any atom is 0.395 e. The van der Waals surface area contributed by atoms with E-state index in [0.717, 1.165) is 11.1 Å². The molecule has 0 saturated heterocycles. The van der Waals surface area contributed by atoms with Gasteiger partial charge in [0, 0.05) is 6.42 Å². The summed E-state index contributed by atoms with van der Waals surface area (Å²) in [6.45, 7) is 3.78. The van der Waals surface area contributed by atoms with Crippen LogP contribution in [0.5, 0.6) is 0 Å². The van der Waals surface area contributed by atoms with Gasteiger partial charge in [-0.1, -0.05) is 18.2 Å². The summed E-state index contributed by atoms with van der Waals surface area (Å²) >= 11 is 0. The third-order valence-corrected chi connectivity index (χ3v) is 2.37. The quantitative estimate of drug-likeness (QED) is 0.778. The molecule has 0 aliphatic carbocycles. The van der Waals surface area contributed by atoms with Gasteiger partial charge in [0.25, 0.3) is 0 Å². The number of alkyl halides is 3. The van der Waals surface area contributed by atoms with E-state index in [9.17, 15) is 18.0 Å². The Morgan fingerprint density at radius 2 is 1.81 bits per heavy atom. The van der Waals surface area contributed by atoms with E-state index < -0.39 is 18.4 Å². The Bertz CT molecular complexity index is 394. The Kier molecular flexibility index (Phi) is 3.73. The summed E-state index contributed by atoms with van der Waals surface area (Å²) in [6, 6.07) is 5.26. The fourth-order valence-electron chi connectivity index (χ4n) is 1.43. The number of benzene rings is 1. The van der Waals surface area contributed by atoms with Gasteiger partial charge in [-0.15, -0.1) is 0 Å². The molecule has 1 aromatic rings. The summed E-state index contributed by atoms with van der Waals surface area (Å²) < 4.78 is 35.8. The summed E-state index contributed by atoms with van der Waals surface area (Å²) in [7, 11) is 0. The zero-order valence-electron chi connectivity index (χ0n) is 9.19. The first-order valence-corrected chi connectivity index (χ1v) is 4.92. The second kappa shape index (κ2) is 4.68. The summed E-state index contributed by atoms with van der Waals surface area (Å²) in [5.74, 6) is -0.796. The number of ketones is 1. The van der Waals surface area contributed by atoms with Crippen LogP contribution in [0.2, 0.25) is 0 Å². The maximum absolute atomic E-state index is 11.9. The molecule has 4 heteroatoms. The molecule has 0 aliphatic rings. The van der Waals surface area contributed by atoms with Crippen LogP contribution in [-0.4, -0.2) is 12.0 Å². The molecule has 0 aromatic heterocycles. The van der Waals surface area contributed by atoms with Crippen molar-refractivity contribution in [2.24, 2.45) is 0 Å². The molecule has 0 saturated carbocycles. The van der Waals surface area contributed by atoms with Crippen LogP contribution < -0.4 is 0 Å². The number of hydrogen-bond donors (Lipinski definition) is 0. The van der Waals surface area contributed by atoms with E-state index in [1.165, 1.54) is 0 Å². The molecule has 1 aromatic carbocycles. The maximum atomic E-state index is 11.9. The smallest absolute Gasteiger partial charge is 0.299 e. The lowest BCUT2D eigenvalue weighted by molar-refractivity contribution is -0.151. The van der Waals surface area contributed by atoms with Gasteiger partial charge in [-0.2, -0.15) is 13.2 Å². The highest BCUT2D eigenvalue weighted by Gasteiger charge is 2.30. The van der Waals surface area contributed by atoms with Gasteiger partial charge in [0.1, 0.15) is 12.2 Å². The van der Waals surface area contributed by atoms with E-state index in [1.54, 1.807) is 12.1 Å². The third-order valence-electron chi connectivity index (χ3n) is 2.37. The summed E-state index contributed by atoms with van der Waals surface area (Å²) in [5, 5.41) is 0. The highest BCUT2D eigenvalue weighted by atomic mass is 19.4. The molecule has 16 heavy (non-hydrogen) atoms. The van der Waals surface area contributed by atoms with Gasteiger partial charge >= 0.3 is 6.18 Å². The predicted molar refractivity (Wildman–Crippen MR) is 55.3 cm³/mol. The lowest BCUT2D eigenvalue weighted by atomic mass is 10.0. The van der Waals surface area contributed by atoms with E-state index in [0.29, 0.717) is 5.56 Å². The molecule has 0 amide bonds. The van der Waals surface area contributed by atoms with E-state index >= 15 is 0 Å². The van der Waals surface area contributed by atoms with Crippen molar-refractivity contribution in [3.63, 3.8) is 0 Å². The molecule has 0 N–H and O–H groups in total. The minimum Gasteiger partial charge on any atom is -0.299 e. The highest BCUT2D eigenvalue weighted by molar-refractivity contribution is 5.81. The Morgan fingerprint density at radius 1 is 1.19 bits per heavy atom. The van der Waals surface area contributed by atoms with Gasteiger partial charge in [-0.05, 0) is 30.5 Å². The van der Waals surface area contributed by atoms with E-state index in [4.69, 9.17) is 0 Å². The predicted octanol–water partition coefficient (Wildman–Crippen LogP) is 3.37. The lowest BCUT2D eigenvalue weighted by Crippen LogP contribution is -2.16. The van der Waals surface area contributed by atoms with Gasteiger partial charge in [0.15, 0.2) is 0 Å². The fraction of sp³-hybridized carbons (Fsp3) is 0.417. The largest absolute Gasteiger partial charge is 0.395 e. The van der Waals surface area contributed by atoms with Crippen molar-refractivity contribution in [1.29, 1.82) is 0 Å². The first kappa shape index (κ1) is 12.7. The zero-order chi connectivity index (χ0) is 12.3. The van der Waals surface area contributed by atoms with E-state index in [2.05, 4.69) is 0 Å².